The lowest BCUT2D eigenvalue weighted by atomic mass is 9.93. The molecule has 8 saturated heterocycles. The Bertz CT molecular complexity index is 2880. The van der Waals surface area contributed by atoms with Gasteiger partial charge in [0.1, 0.15) is 201 Å². The molecule has 638 valence electrons. The van der Waals surface area contributed by atoms with Crippen LogP contribution in [-0.4, -0.2) is 469 Å². The number of ether oxygens (including phenoxy) is 16. The van der Waals surface area contributed by atoms with Gasteiger partial charge in [-0.3, -0.25) is 19.2 Å². The van der Waals surface area contributed by atoms with Gasteiger partial charge in [0.25, 0.3) is 0 Å². The van der Waals surface area contributed by atoms with Crippen LogP contribution in [0.3, 0.4) is 0 Å². The molecule has 8 rings (SSSR count). The van der Waals surface area contributed by atoms with E-state index in [2.05, 4.69) is 21.3 Å². The number of hydrogen-bond acceptors (Lipinski definition) is 44. The van der Waals surface area contributed by atoms with Crippen molar-refractivity contribution in [3.8, 4) is 0 Å². The maximum absolute atomic E-state index is 13.3. The molecule has 4 amide bonds. The molecule has 28 N–H and O–H groups in total. The van der Waals surface area contributed by atoms with Crippen molar-refractivity contribution in [2.24, 2.45) is 0 Å². The molecule has 48 heteroatoms. The zero-order valence-corrected chi connectivity index (χ0v) is 60.0. The lowest BCUT2D eigenvalue weighted by Gasteiger charge is -2.52. The van der Waals surface area contributed by atoms with Gasteiger partial charge >= 0.3 is 0 Å². The molecule has 0 aliphatic carbocycles. The molecular weight excluding hydrogens is 1500 g/mol. The summed E-state index contributed by atoms with van der Waals surface area (Å²) in [6, 6.07) is -7.41. The summed E-state index contributed by atoms with van der Waals surface area (Å²) in [7, 11) is 0. The van der Waals surface area contributed by atoms with Gasteiger partial charge in [-0.05, 0) is 13.8 Å². The average molecular weight is 1610 g/mol. The van der Waals surface area contributed by atoms with E-state index in [1.165, 1.54) is 13.8 Å². The van der Waals surface area contributed by atoms with Crippen molar-refractivity contribution in [2.75, 3.05) is 52.9 Å². The summed E-state index contributed by atoms with van der Waals surface area (Å²) in [5.41, 5.74) is 0. The van der Waals surface area contributed by atoms with E-state index in [4.69, 9.17) is 75.8 Å². The molecule has 0 radical (unpaired) electrons. The van der Waals surface area contributed by atoms with Gasteiger partial charge in [0.15, 0.2) is 50.3 Å². The zero-order chi connectivity index (χ0) is 81.5. The Hall–Kier alpha value is -3.72. The van der Waals surface area contributed by atoms with Crippen molar-refractivity contribution in [1.29, 1.82) is 0 Å². The molecule has 110 heavy (non-hydrogen) atoms. The lowest BCUT2D eigenvalue weighted by Crippen LogP contribution is -2.71. The van der Waals surface area contributed by atoms with Crippen LogP contribution in [-0.2, 0) is 95.0 Å². The van der Waals surface area contributed by atoms with Gasteiger partial charge in [-0.1, -0.05) is 0 Å². The first-order chi connectivity index (χ1) is 51.9. The fourth-order valence-corrected chi connectivity index (χ4v) is 13.8. The van der Waals surface area contributed by atoms with Crippen LogP contribution in [0.4, 0.5) is 0 Å². The van der Waals surface area contributed by atoms with Crippen LogP contribution in [0.15, 0.2) is 0 Å². The van der Waals surface area contributed by atoms with Crippen LogP contribution < -0.4 is 21.3 Å². The Balaban J connectivity index is 1.29. The van der Waals surface area contributed by atoms with Crippen LogP contribution >= 0.6 is 0 Å². The Morgan fingerprint density at radius 2 is 0.673 bits per heavy atom. The number of rotatable bonds is 31. The second-order valence-electron chi connectivity index (χ2n) is 27.9. The third-order valence-electron chi connectivity index (χ3n) is 19.9. The smallest absolute Gasteiger partial charge is 0.217 e. The maximum Gasteiger partial charge on any atom is 0.217 e. The number of aliphatic hydroxyl groups is 24. The fourth-order valence-electron chi connectivity index (χ4n) is 13.8. The largest absolute Gasteiger partial charge is 0.394 e. The third-order valence-corrected chi connectivity index (χ3v) is 19.9. The number of carbonyl (C=O) groups is 4. The minimum absolute atomic E-state index is 0.820. The normalized spacial score (nSPS) is 46.6. The molecule has 0 saturated carbocycles. The molecule has 8 heterocycles. The van der Waals surface area contributed by atoms with Crippen LogP contribution in [0.2, 0.25) is 0 Å². The van der Waals surface area contributed by atoms with E-state index in [-0.39, 0.29) is 0 Å². The molecule has 8 aliphatic heterocycles. The second-order valence-corrected chi connectivity index (χ2v) is 27.9. The van der Waals surface area contributed by atoms with E-state index in [1.54, 1.807) is 0 Å². The monoisotopic (exact) mass is 1610 g/mol. The van der Waals surface area contributed by atoms with Crippen LogP contribution in [0.1, 0.15) is 41.5 Å². The quantitative estimate of drug-likeness (QED) is 0.0306. The summed E-state index contributed by atoms with van der Waals surface area (Å²) in [6.45, 7) is -2.90. The highest BCUT2D eigenvalue weighted by Gasteiger charge is 2.61. The van der Waals surface area contributed by atoms with Crippen molar-refractivity contribution in [1.82, 2.24) is 21.3 Å². The summed E-state index contributed by atoms with van der Waals surface area (Å²) >= 11 is 0. The van der Waals surface area contributed by atoms with E-state index in [0.717, 1.165) is 27.7 Å². The van der Waals surface area contributed by atoms with Crippen LogP contribution in [0.25, 0.3) is 0 Å². The van der Waals surface area contributed by atoms with E-state index >= 15 is 0 Å². The number of amides is 4. The predicted molar refractivity (Wildman–Crippen MR) is 343 cm³/mol. The van der Waals surface area contributed by atoms with E-state index in [1.807, 2.05) is 0 Å². The number of aliphatic hydroxyl groups excluding tert-OH is 24. The SMILES string of the molecule is CC(=O)N[C@H]1[C@H](OC[C@@H](O)[C@H](O)[C@H](O[C@@H]2O[C@H](CO[C@@H]3O[C@H](CO)[C@@H](O)[C@H](O)[C@H]3NC(C)=O)[C@H](O)[C@H](O[C@@H]3O[C@H](CO)[C@H](O)[C@H](O[C@H]4O[C@H](CO)[C@H](O)[C@H](O[C@H]5O[C@H](CO)[C@H](O)[C@H](O)[C@H]5O)[C@H]4NC(C)=O)[C@H]3O[C@@H]3O[C@@H](C)[C@@H](O)[C@@H](O)[C@@H]3O)[C@H]2O[C@@H]2O[C@@H](C)[C@@H](O)[C@@H](O)[C@@H]2O)[C@H](CO)NC(C)=O)O[C@H](CO)[C@@H](O)[C@@H]1O. The number of nitrogens with one attached hydrogen (secondary N) is 4. The summed E-state index contributed by atoms with van der Waals surface area (Å²) < 4.78 is 97.3. The maximum atomic E-state index is 13.3. The fraction of sp³-hybridized carbons (Fsp3) is 0.935. The van der Waals surface area contributed by atoms with Gasteiger partial charge in [-0.25, -0.2) is 0 Å². The molecule has 44 atom stereocenters. The van der Waals surface area contributed by atoms with Crippen LogP contribution in [0, 0.1) is 0 Å². The van der Waals surface area contributed by atoms with Gasteiger partial charge < -0.3 is 220 Å². The van der Waals surface area contributed by atoms with Crippen molar-refractivity contribution in [2.45, 2.75) is 311 Å². The standard InChI is InChI=1S/C62H106N4O44/c1-15-32(78)43(89)46(92)58(97-15)109-53-51(107-57-31(66-20(6)76)50(38(84)26(11-71)101-57)106-60-48(94)45(91)37(83)25(10-70)102-60)39(85)27(12-72)103-61(53)108-52-40(86)28(14-96-56-30(65-19(5)75)42(88)36(82)24(9-69)100-56)104-62(54(52)110-59-47(93)44(90)33(79)16(2)98-59)105-49(21(7-67)63-17(3)73)34(80)22(77)13-95-55-29(64-18(4)74)41(87)35(81)23(8-68)99-55/h15-16,21-62,67-72,77-94H,7-14H2,1-6H3,(H,63,73)(H,64,74)(H,65,75)(H,66,76)/t15-,16-,21-,22+,23+,24+,25+,26+,27+,28+,29+,30+,31+,32+,33+,34-,35+,36+,37-,38-,39-,40-,41+,42+,43+,44+,45-,46-,47-,48+,49+,50+,51-,52-,53+,54+,55+,56+,57+,58-,59-,60+,61-,62-/m0/s1. The van der Waals surface area contributed by atoms with Gasteiger partial charge in [-0.15, -0.1) is 0 Å². The Labute approximate surface area is 625 Å². The minimum atomic E-state index is -2.60. The molecule has 0 spiro atoms. The third kappa shape index (κ3) is 21.0. The number of carbonyl (C=O) groups excluding carboxylic acids is 4. The summed E-state index contributed by atoms with van der Waals surface area (Å²) in [5.74, 6) is -3.68. The first kappa shape index (κ1) is 91.8. The summed E-state index contributed by atoms with van der Waals surface area (Å²) in [4.78, 5) is 51.3. The molecule has 0 bridgehead atoms. The predicted octanol–water partition coefficient (Wildman–Crippen LogP) is -18.4. The van der Waals surface area contributed by atoms with Crippen molar-refractivity contribution >= 4 is 23.6 Å². The Morgan fingerprint density at radius 1 is 0.336 bits per heavy atom. The molecule has 0 aromatic heterocycles. The molecule has 8 aliphatic rings. The molecule has 48 nitrogen and oxygen atoms in total. The first-order valence-corrected chi connectivity index (χ1v) is 35.3. The second kappa shape index (κ2) is 40.4. The van der Waals surface area contributed by atoms with Crippen LogP contribution in [0.5, 0.6) is 0 Å². The van der Waals surface area contributed by atoms with Gasteiger partial charge in [0.05, 0.1) is 71.1 Å². The van der Waals surface area contributed by atoms with E-state index in [0.29, 0.717) is 0 Å². The van der Waals surface area contributed by atoms with Gasteiger partial charge in [0, 0.05) is 27.7 Å². The highest BCUT2D eigenvalue weighted by Crippen LogP contribution is 2.41. The Morgan fingerprint density at radius 3 is 1.12 bits per heavy atom. The molecule has 0 aromatic rings. The van der Waals surface area contributed by atoms with Gasteiger partial charge in [0.2, 0.25) is 23.6 Å². The molecule has 8 fully saturated rings. The first-order valence-electron chi connectivity index (χ1n) is 35.3. The average Bonchev–Trinajstić information content (AvgIpc) is 0.758. The molecule has 0 unspecified atom stereocenters. The van der Waals surface area contributed by atoms with Crippen molar-refractivity contribution in [3.05, 3.63) is 0 Å². The highest BCUT2D eigenvalue weighted by molar-refractivity contribution is 5.74. The number of hydrogen-bond donors (Lipinski definition) is 28. The van der Waals surface area contributed by atoms with Crippen molar-refractivity contribution < 1.29 is 218 Å². The summed E-state index contributed by atoms with van der Waals surface area (Å²) in [6.07, 6.45) is -85.5. The summed E-state index contributed by atoms with van der Waals surface area (Å²) in [5, 5.41) is 278. The Kier molecular flexibility index (Phi) is 33.7. The molecule has 0 aromatic carbocycles. The minimum Gasteiger partial charge on any atom is -0.394 e. The highest BCUT2D eigenvalue weighted by atomic mass is 16.8. The van der Waals surface area contributed by atoms with E-state index < -0.39 is 346 Å². The van der Waals surface area contributed by atoms with Gasteiger partial charge in [-0.2, -0.15) is 0 Å². The van der Waals surface area contributed by atoms with E-state index in [9.17, 15) is 142 Å². The topological polar surface area (TPSA) is 750 Å². The van der Waals surface area contributed by atoms with Crippen molar-refractivity contribution in [3.63, 3.8) is 0 Å². The lowest BCUT2D eigenvalue weighted by molar-refractivity contribution is -0.417. The molecular formula is C62H106N4O44. The zero-order valence-electron chi connectivity index (χ0n) is 60.0.